The first-order valence-electron chi connectivity index (χ1n) is 10.2. The van der Waals surface area contributed by atoms with Crippen LogP contribution in [0.3, 0.4) is 0 Å². The number of hydrogen-bond acceptors (Lipinski definition) is 4. The number of carbonyl (C=O) groups is 1. The van der Waals surface area contributed by atoms with E-state index >= 15 is 0 Å². The van der Waals surface area contributed by atoms with E-state index in [0.29, 0.717) is 0 Å². The largest absolute Gasteiger partial charge is 0.337 e. The molecule has 0 N–H and O–H groups in total. The van der Waals surface area contributed by atoms with Crippen molar-refractivity contribution < 1.29 is 4.79 Å². The number of piperidine rings is 1. The van der Waals surface area contributed by atoms with E-state index < -0.39 is 0 Å². The van der Waals surface area contributed by atoms with Gasteiger partial charge in [-0.2, -0.15) is 0 Å². The van der Waals surface area contributed by atoms with Gasteiger partial charge in [-0.3, -0.25) is 9.78 Å². The molecule has 1 aromatic carbocycles. The van der Waals surface area contributed by atoms with Crippen LogP contribution in [0.5, 0.6) is 0 Å². The Balaban J connectivity index is 1.54. The average molecular weight is 406 g/mol. The standard InChI is InChI=1S/C24H27N3OS/c1-16-7-4-5-8-20(16)12-19-11-17(2)26-22(13-19)21-9-6-10-27(14-21)24(28)23-18(3)25-15-29-23/h4-5,7-8,11,13,15,21H,6,9-10,12,14H2,1-3H3. The van der Waals surface area contributed by atoms with Crippen LogP contribution in [0.4, 0.5) is 0 Å². The van der Waals surface area contributed by atoms with E-state index in [4.69, 9.17) is 4.98 Å². The third kappa shape index (κ3) is 4.40. The second-order valence-corrected chi connectivity index (χ2v) is 8.86. The predicted molar refractivity (Wildman–Crippen MR) is 118 cm³/mol. The zero-order chi connectivity index (χ0) is 20.4. The van der Waals surface area contributed by atoms with E-state index in [0.717, 1.165) is 54.3 Å². The van der Waals surface area contributed by atoms with Crippen molar-refractivity contribution in [3.63, 3.8) is 0 Å². The molecule has 1 aliphatic rings. The molecule has 4 nitrogen and oxygen atoms in total. The van der Waals surface area contributed by atoms with Gasteiger partial charge in [-0.25, -0.2) is 4.98 Å². The molecule has 150 valence electrons. The SMILES string of the molecule is Cc1cc(Cc2ccccc2C)cc(C2CCCN(C(=O)c3scnc3C)C2)n1. The number of amides is 1. The van der Waals surface area contributed by atoms with Gasteiger partial charge in [-0.1, -0.05) is 24.3 Å². The molecule has 0 aliphatic carbocycles. The molecule has 1 aliphatic heterocycles. The lowest BCUT2D eigenvalue weighted by Crippen LogP contribution is -2.39. The summed E-state index contributed by atoms with van der Waals surface area (Å²) in [5, 5.41) is 0. The fourth-order valence-electron chi connectivity index (χ4n) is 4.16. The minimum absolute atomic E-state index is 0.113. The molecule has 0 saturated carbocycles. The number of benzene rings is 1. The van der Waals surface area contributed by atoms with Crippen LogP contribution in [0.2, 0.25) is 0 Å². The molecule has 3 heterocycles. The van der Waals surface area contributed by atoms with Gasteiger partial charge in [0.15, 0.2) is 0 Å². The van der Waals surface area contributed by atoms with Crippen LogP contribution in [0, 0.1) is 20.8 Å². The molecule has 1 fully saturated rings. The summed E-state index contributed by atoms with van der Waals surface area (Å²) in [6.45, 7) is 7.68. The molecule has 5 heteroatoms. The van der Waals surface area contributed by atoms with Gasteiger partial charge in [0.2, 0.25) is 0 Å². The zero-order valence-electron chi connectivity index (χ0n) is 17.3. The van der Waals surface area contributed by atoms with Crippen molar-refractivity contribution in [3.05, 3.63) is 80.6 Å². The molecule has 0 radical (unpaired) electrons. The first kappa shape index (κ1) is 19.8. The molecule has 2 aromatic heterocycles. The molecule has 1 unspecified atom stereocenters. The summed E-state index contributed by atoms with van der Waals surface area (Å²) in [7, 11) is 0. The van der Waals surface area contributed by atoms with Crippen molar-refractivity contribution in [1.29, 1.82) is 0 Å². The molecule has 29 heavy (non-hydrogen) atoms. The smallest absolute Gasteiger partial charge is 0.265 e. The molecule has 4 rings (SSSR count). The quantitative estimate of drug-likeness (QED) is 0.608. The third-order valence-corrected chi connectivity index (χ3v) is 6.67. The number of hydrogen-bond donors (Lipinski definition) is 0. The summed E-state index contributed by atoms with van der Waals surface area (Å²) in [6, 6.07) is 13.0. The lowest BCUT2D eigenvalue weighted by atomic mass is 9.91. The first-order valence-corrected chi connectivity index (χ1v) is 11.1. The maximum atomic E-state index is 12.9. The van der Waals surface area contributed by atoms with E-state index in [-0.39, 0.29) is 11.8 Å². The number of aryl methyl sites for hydroxylation is 3. The van der Waals surface area contributed by atoms with Crippen molar-refractivity contribution in [3.8, 4) is 0 Å². The molecular weight excluding hydrogens is 378 g/mol. The van der Waals surface area contributed by atoms with Crippen LogP contribution in [-0.2, 0) is 6.42 Å². The number of aromatic nitrogens is 2. The summed E-state index contributed by atoms with van der Waals surface area (Å²) >= 11 is 1.44. The summed E-state index contributed by atoms with van der Waals surface area (Å²) in [6.07, 6.45) is 3.00. The van der Waals surface area contributed by atoms with E-state index in [1.165, 1.54) is 28.0 Å². The van der Waals surface area contributed by atoms with Crippen LogP contribution in [-0.4, -0.2) is 33.9 Å². The van der Waals surface area contributed by atoms with Crippen molar-refractivity contribution >= 4 is 17.2 Å². The summed E-state index contributed by atoms with van der Waals surface area (Å²) in [5.74, 6) is 0.402. The molecular formula is C24H27N3OS. The Morgan fingerprint density at radius 3 is 2.79 bits per heavy atom. The van der Waals surface area contributed by atoms with Crippen LogP contribution in [0.25, 0.3) is 0 Å². The van der Waals surface area contributed by atoms with E-state index in [1.54, 1.807) is 5.51 Å². The lowest BCUT2D eigenvalue weighted by molar-refractivity contribution is 0.0710. The monoisotopic (exact) mass is 405 g/mol. The van der Waals surface area contributed by atoms with Crippen molar-refractivity contribution in [2.75, 3.05) is 13.1 Å². The van der Waals surface area contributed by atoms with E-state index in [2.05, 4.69) is 55.2 Å². The predicted octanol–water partition coefficient (Wildman–Crippen LogP) is 5.07. The maximum absolute atomic E-state index is 12.9. The van der Waals surface area contributed by atoms with Gasteiger partial charge < -0.3 is 4.90 Å². The molecule has 1 atom stereocenters. The number of carbonyl (C=O) groups excluding carboxylic acids is 1. The number of rotatable bonds is 4. The minimum Gasteiger partial charge on any atom is -0.337 e. The third-order valence-electron chi connectivity index (χ3n) is 5.76. The van der Waals surface area contributed by atoms with Gasteiger partial charge in [0.1, 0.15) is 4.88 Å². The van der Waals surface area contributed by atoms with Gasteiger partial charge in [0, 0.05) is 30.4 Å². The fourth-order valence-corrected chi connectivity index (χ4v) is 4.93. The number of likely N-dealkylation sites (tertiary alicyclic amines) is 1. The Morgan fingerprint density at radius 1 is 1.21 bits per heavy atom. The summed E-state index contributed by atoms with van der Waals surface area (Å²) in [5.41, 5.74) is 8.71. The van der Waals surface area contributed by atoms with Crippen molar-refractivity contribution in [2.45, 2.75) is 46.0 Å². The Bertz CT molecular complexity index is 1030. The molecule has 0 bridgehead atoms. The second-order valence-electron chi connectivity index (χ2n) is 8.00. The Morgan fingerprint density at radius 2 is 2.03 bits per heavy atom. The van der Waals surface area contributed by atoms with Crippen LogP contribution < -0.4 is 0 Å². The van der Waals surface area contributed by atoms with Gasteiger partial charge in [-0.05, 0) is 68.9 Å². The number of thiazole rings is 1. The summed E-state index contributed by atoms with van der Waals surface area (Å²) < 4.78 is 0. The van der Waals surface area contributed by atoms with Gasteiger partial charge in [0.25, 0.3) is 5.91 Å². The normalized spacial score (nSPS) is 16.8. The Kier molecular flexibility index (Phi) is 5.76. The maximum Gasteiger partial charge on any atom is 0.265 e. The highest BCUT2D eigenvalue weighted by atomic mass is 32.1. The second kappa shape index (κ2) is 8.46. The zero-order valence-corrected chi connectivity index (χ0v) is 18.1. The van der Waals surface area contributed by atoms with Crippen LogP contribution in [0.15, 0.2) is 41.9 Å². The van der Waals surface area contributed by atoms with E-state index in [1.807, 2.05) is 11.8 Å². The number of pyridine rings is 1. The van der Waals surface area contributed by atoms with Crippen molar-refractivity contribution in [1.82, 2.24) is 14.9 Å². The van der Waals surface area contributed by atoms with E-state index in [9.17, 15) is 4.79 Å². The number of nitrogens with zero attached hydrogens (tertiary/aromatic N) is 3. The van der Waals surface area contributed by atoms with Gasteiger partial charge in [0.05, 0.1) is 11.2 Å². The Hall–Kier alpha value is -2.53. The van der Waals surface area contributed by atoms with Gasteiger partial charge >= 0.3 is 0 Å². The Labute approximate surface area is 176 Å². The lowest BCUT2D eigenvalue weighted by Gasteiger charge is -2.32. The summed E-state index contributed by atoms with van der Waals surface area (Å²) in [4.78, 5) is 24.8. The minimum atomic E-state index is 0.113. The molecule has 0 spiro atoms. The fraction of sp³-hybridized carbons (Fsp3) is 0.375. The highest BCUT2D eigenvalue weighted by Crippen LogP contribution is 2.29. The topological polar surface area (TPSA) is 46.1 Å². The van der Waals surface area contributed by atoms with Crippen LogP contribution >= 0.6 is 11.3 Å². The van der Waals surface area contributed by atoms with Crippen molar-refractivity contribution in [2.24, 2.45) is 0 Å². The first-order chi connectivity index (χ1) is 14.0. The van der Waals surface area contributed by atoms with Crippen LogP contribution in [0.1, 0.15) is 62.2 Å². The molecule has 3 aromatic rings. The highest BCUT2D eigenvalue weighted by Gasteiger charge is 2.28. The molecule has 1 amide bonds. The molecule has 1 saturated heterocycles. The van der Waals surface area contributed by atoms with Gasteiger partial charge in [-0.15, -0.1) is 11.3 Å². The average Bonchev–Trinajstić information content (AvgIpc) is 3.15. The highest BCUT2D eigenvalue weighted by molar-refractivity contribution is 7.11.